The van der Waals surface area contributed by atoms with Gasteiger partial charge in [0, 0.05) is 18.9 Å². The Morgan fingerprint density at radius 1 is 1.12 bits per heavy atom. The molecule has 0 aromatic heterocycles. The molecule has 0 aromatic carbocycles. The van der Waals surface area contributed by atoms with Gasteiger partial charge in [0.25, 0.3) is 0 Å². The summed E-state index contributed by atoms with van der Waals surface area (Å²) in [6.45, 7) is 7.96. The van der Waals surface area contributed by atoms with Gasteiger partial charge in [-0.15, -0.1) is 0 Å². The van der Waals surface area contributed by atoms with Gasteiger partial charge in [0.1, 0.15) is 0 Å². The molecule has 0 saturated heterocycles. The number of hydrogen-bond acceptors (Lipinski definition) is 2. The molecule has 0 radical (unpaired) electrons. The van der Waals surface area contributed by atoms with Crippen LogP contribution in [0.25, 0.3) is 0 Å². The number of rotatable bonds is 7. The van der Waals surface area contributed by atoms with E-state index in [1.807, 2.05) is 6.92 Å². The normalized spacial score (nSPS) is 14.6. The molecule has 2 unspecified atom stereocenters. The third-order valence-corrected chi connectivity index (χ3v) is 2.29. The van der Waals surface area contributed by atoms with Crippen LogP contribution in [0.3, 0.4) is 0 Å². The Labute approximate surface area is 97.4 Å². The van der Waals surface area contributed by atoms with Gasteiger partial charge in [0.2, 0.25) is 5.91 Å². The van der Waals surface area contributed by atoms with E-state index in [9.17, 15) is 9.59 Å². The fraction of sp³-hybridized carbons (Fsp3) is 0.833. The molecule has 1 amide bonds. The number of nitrogens with one attached hydrogen (secondary N) is 1. The molecule has 94 valence electrons. The zero-order valence-corrected chi connectivity index (χ0v) is 10.6. The Hall–Kier alpha value is -1.06. The summed E-state index contributed by atoms with van der Waals surface area (Å²) in [4.78, 5) is 22.0. The minimum Gasteiger partial charge on any atom is -0.481 e. The number of carboxylic acid groups (broad SMARTS) is 1. The molecule has 0 aliphatic rings. The Morgan fingerprint density at radius 2 is 1.69 bits per heavy atom. The van der Waals surface area contributed by atoms with Crippen molar-refractivity contribution in [2.24, 2.45) is 11.8 Å². The lowest BCUT2D eigenvalue weighted by atomic mass is 10.0. The third-order valence-electron chi connectivity index (χ3n) is 2.29. The highest BCUT2D eigenvalue weighted by Crippen LogP contribution is 2.09. The fourth-order valence-electron chi connectivity index (χ4n) is 1.79. The van der Waals surface area contributed by atoms with Gasteiger partial charge in [-0.1, -0.05) is 20.8 Å². The molecule has 0 rings (SSSR count). The first-order valence-corrected chi connectivity index (χ1v) is 5.82. The lowest BCUT2D eigenvalue weighted by Gasteiger charge is -2.17. The monoisotopic (exact) mass is 229 g/mol. The molecular weight excluding hydrogens is 206 g/mol. The molecule has 2 N–H and O–H groups in total. The number of carbonyl (C=O) groups excluding carboxylic acids is 1. The predicted octanol–water partition coefficient (Wildman–Crippen LogP) is 2.04. The van der Waals surface area contributed by atoms with Crippen LogP contribution in [0.1, 0.15) is 47.0 Å². The molecular formula is C12H23NO3. The highest BCUT2D eigenvalue weighted by atomic mass is 16.4. The van der Waals surface area contributed by atoms with Gasteiger partial charge < -0.3 is 10.4 Å². The second-order valence-electron chi connectivity index (χ2n) is 5.01. The number of amides is 1. The highest BCUT2D eigenvalue weighted by Gasteiger charge is 2.14. The molecule has 4 nitrogen and oxygen atoms in total. The molecule has 0 aliphatic carbocycles. The maximum Gasteiger partial charge on any atom is 0.303 e. The van der Waals surface area contributed by atoms with Crippen LogP contribution in [-0.2, 0) is 9.59 Å². The van der Waals surface area contributed by atoms with Gasteiger partial charge in [-0.2, -0.15) is 0 Å². The van der Waals surface area contributed by atoms with Gasteiger partial charge in [-0.05, 0) is 25.2 Å². The van der Waals surface area contributed by atoms with E-state index in [-0.39, 0.29) is 30.7 Å². The first kappa shape index (κ1) is 14.9. The molecule has 0 heterocycles. The summed E-state index contributed by atoms with van der Waals surface area (Å²) in [6, 6.07) is 0.157. The fourth-order valence-corrected chi connectivity index (χ4v) is 1.79. The van der Waals surface area contributed by atoms with E-state index in [1.165, 1.54) is 0 Å². The first-order valence-electron chi connectivity index (χ1n) is 5.82. The second-order valence-corrected chi connectivity index (χ2v) is 5.01. The molecule has 4 heteroatoms. The van der Waals surface area contributed by atoms with E-state index in [2.05, 4.69) is 19.2 Å². The van der Waals surface area contributed by atoms with Crippen LogP contribution >= 0.6 is 0 Å². The lowest BCUT2D eigenvalue weighted by Crippen LogP contribution is -2.34. The zero-order chi connectivity index (χ0) is 12.7. The van der Waals surface area contributed by atoms with Gasteiger partial charge in [-0.3, -0.25) is 9.59 Å². The van der Waals surface area contributed by atoms with Gasteiger partial charge in [-0.25, -0.2) is 0 Å². The van der Waals surface area contributed by atoms with Crippen LogP contribution in [-0.4, -0.2) is 23.0 Å². The summed E-state index contributed by atoms with van der Waals surface area (Å²) in [5.41, 5.74) is 0. The number of hydrogen-bond donors (Lipinski definition) is 2. The van der Waals surface area contributed by atoms with E-state index in [4.69, 9.17) is 5.11 Å². The van der Waals surface area contributed by atoms with Crippen molar-refractivity contribution in [3.05, 3.63) is 0 Å². The Kier molecular flexibility index (Phi) is 6.77. The van der Waals surface area contributed by atoms with E-state index in [0.717, 1.165) is 6.42 Å². The molecule has 0 aliphatic heterocycles. The topological polar surface area (TPSA) is 66.4 Å². The number of aliphatic carboxylic acids is 1. The second kappa shape index (κ2) is 7.25. The van der Waals surface area contributed by atoms with Crippen LogP contribution in [0.5, 0.6) is 0 Å². The van der Waals surface area contributed by atoms with Gasteiger partial charge >= 0.3 is 5.97 Å². The summed E-state index contributed by atoms with van der Waals surface area (Å²) < 4.78 is 0. The molecule has 16 heavy (non-hydrogen) atoms. The quantitative estimate of drug-likeness (QED) is 0.702. The standard InChI is InChI=1S/C12H23NO3/c1-8(2)5-10(4)13-11(14)6-9(3)7-12(15)16/h8-10H,5-7H2,1-4H3,(H,13,14)(H,15,16). The number of carboxylic acids is 1. The highest BCUT2D eigenvalue weighted by molar-refractivity contribution is 5.77. The minimum atomic E-state index is -0.851. The van der Waals surface area contributed by atoms with Crippen molar-refractivity contribution in [2.45, 2.75) is 53.0 Å². The number of carbonyl (C=O) groups is 2. The van der Waals surface area contributed by atoms with E-state index >= 15 is 0 Å². The van der Waals surface area contributed by atoms with Crippen molar-refractivity contribution in [3.8, 4) is 0 Å². The molecule has 0 saturated carbocycles. The molecule has 0 aromatic rings. The minimum absolute atomic E-state index is 0.0476. The van der Waals surface area contributed by atoms with Crippen molar-refractivity contribution < 1.29 is 14.7 Å². The molecule has 0 fully saturated rings. The van der Waals surface area contributed by atoms with Gasteiger partial charge in [0.15, 0.2) is 0 Å². The van der Waals surface area contributed by atoms with Crippen LogP contribution in [0, 0.1) is 11.8 Å². The summed E-state index contributed by atoms with van der Waals surface area (Å²) in [5.74, 6) is -0.465. The maximum absolute atomic E-state index is 11.5. The van der Waals surface area contributed by atoms with E-state index in [0.29, 0.717) is 5.92 Å². The van der Waals surface area contributed by atoms with E-state index in [1.54, 1.807) is 6.92 Å². The Bertz CT molecular complexity index is 238. The van der Waals surface area contributed by atoms with Crippen molar-refractivity contribution in [3.63, 3.8) is 0 Å². The smallest absolute Gasteiger partial charge is 0.303 e. The first-order chi connectivity index (χ1) is 7.31. The van der Waals surface area contributed by atoms with Crippen LogP contribution in [0.15, 0.2) is 0 Å². The molecule has 0 bridgehead atoms. The van der Waals surface area contributed by atoms with Crippen LogP contribution in [0.2, 0.25) is 0 Å². The predicted molar refractivity (Wildman–Crippen MR) is 63.1 cm³/mol. The average Bonchev–Trinajstić information content (AvgIpc) is 1.97. The van der Waals surface area contributed by atoms with Gasteiger partial charge in [0.05, 0.1) is 0 Å². The van der Waals surface area contributed by atoms with Crippen LogP contribution in [0.4, 0.5) is 0 Å². The summed E-state index contributed by atoms with van der Waals surface area (Å²) in [7, 11) is 0. The molecule has 2 atom stereocenters. The van der Waals surface area contributed by atoms with Crippen LogP contribution < -0.4 is 5.32 Å². The van der Waals surface area contributed by atoms with Crippen molar-refractivity contribution in [1.82, 2.24) is 5.32 Å². The van der Waals surface area contributed by atoms with Crippen molar-refractivity contribution in [2.75, 3.05) is 0 Å². The molecule has 0 spiro atoms. The van der Waals surface area contributed by atoms with Crippen molar-refractivity contribution >= 4 is 11.9 Å². The van der Waals surface area contributed by atoms with E-state index < -0.39 is 5.97 Å². The maximum atomic E-state index is 11.5. The zero-order valence-electron chi connectivity index (χ0n) is 10.6. The SMILES string of the molecule is CC(C)CC(C)NC(=O)CC(C)CC(=O)O. The Morgan fingerprint density at radius 3 is 2.12 bits per heavy atom. The largest absolute Gasteiger partial charge is 0.481 e. The summed E-state index contributed by atoms with van der Waals surface area (Å²) in [6.07, 6.45) is 1.28. The Balaban J connectivity index is 3.85. The van der Waals surface area contributed by atoms with Crippen molar-refractivity contribution in [1.29, 1.82) is 0 Å². The average molecular weight is 229 g/mol. The third kappa shape index (κ3) is 8.26. The lowest BCUT2D eigenvalue weighted by molar-refractivity contribution is -0.138. The summed E-state index contributed by atoms with van der Waals surface area (Å²) >= 11 is 0. The summed E-state index contributed by atoms with van der Waals surface area (Å²) in [5, 5.41) is 11.4.